The minimum absolute atomic E-state index is 0.643. The van der Waals surface area contributed by atoms with Gasteiger partial charge in [-0.25, -0.2) is 0 Å². The first-order valence-corrected chi connectivity index (χ1v) is 5.74. The fourth-order valence-electron chi connectivity index (χ4n) is 1.61. The molecule has 0 heterocycles. The predicted octanol–water partition coefficient (Wildman–Crippen LogP) is 3.61. The van der Waals surface area contributed by atoms with E-state index in [2.05, 4.69) is 50.0 Å². The lowest BCUT2D eigenvalue weighted by molar-refractivity contribution is 0.484. The van der Waals surface area contributed by atoms with Crippen molar-refractivity contribution in [3.63, 3.8) is 0 Å². The third kappa shape index (κ3) is 3.88. The summed E-state index contributed by atoms with van der Waals surface area (Å²) in [7, 11) is 0. The molecule has 15 heavy (non-hydrogen) atoms. The van der Waals surface area contributed by atoms with E-state index in [1.807, 2.05) is 6.08 Å². The second-order valence-electron chi connectivity index (χ2n) is 3.84. The average Bonchev–Trinajstić information content (AvgIpc) is 2.31. The molecule has 0 radical (unpaired) electrons. The van der Waals surface area contributed by atoms with Crippen molar-refractivity contribution in [2.45, 2.75) is 39.3 Å². The van der Waals surface area contributed by atoms with Crippen LogP contribution in [0.3, 0.4) is 0 Å². The summed E-state index contributed by atoms with van der Waals surface area (Å²) in [6.45, 7) is 9.16. The minimum Gasteiger partial charge on any atom is -0.310 e. The summed E-state index contributed by atoms with van der Waals surface area (Å²) in [5.41, 5.74) is 2.52. The first-order valence-electron chi connectivity index (χ1n) is 5.74. The van der Waals surface area contributed by atoms with Gasteiger partial charge in [0.1, 0.15) is 0 Å². The summed E-state index contributed by atoms with van der Waals surface area (Å²) in [4.78, 5) is 0. The summed E-state index contributed by atoms with van der Waals surface area (Å²) in [5, 5.41) is 3.55. The average molecular weight is 203 g/mol. The van der Waals surface area contributed by atoms with Gasteiger partial charge in [0.2, 0.25) is 0 Å². The van der Waals surface area contributed by atoms with Crippen molar-refractivity contribution in [1.29, 1.82) is 0 Å². The van der Waals surface area contributed by atoms with E-state index in [-0.39, 0.29) is 0 Å². The fraction of sp³-hybridized carbons (Fsp3) is 0.429. The van der Waals surface area contributed by atoms with E-state index in [9.17, 15) is 0 Å². The second kappa shape index (κ2) is 6.41. The number of hydrogen-bond donors (Lipinski definition) is 1. The number of hydrogen-bond acceptors (Lipinski definition) is 1. The molecule has 0 atom stereocenters. The molecule has 0 saturated carbocycles. The Hall–Kier alpha value is -1.08. The highest BCUT2D eigenvalue weighted by Crippen LogP contribution is 2.06. The molecule has 1 aromatic carbocycles. The molecule has 0 amide bonds. The van der Waals surface area contributed by atoms with Gasteiger partial charge < -0.3 is 5.32 Å². The van der Waals surface area contributed by atoms with Crippen LogP contribution in [0.5, 0.6) is 0 Å². The maximum Gasteiger partial charge on any atom is 0.0208 e. The highest BCUT2D eigenvalue weighted by Gasteiger charge is 2.01. The third-order valence-electron chi connectivity index (χ3n) is 2.80. The van der Waals surface area contributed by atoms with Gasteiger partial charge in [0.05, 0.1) is 0 Å². The van der Waals surface area contributed by atoms with E-state index in [4.69, 9.17) is 0 Å². The molecule has 0 aliphatic carbocycles. The summed E-state index contributed by atoms with van der Waals surface area (Å²) < 4.78 is 0. The Labute approximate surface area is 93.2 Å². The zero-order chi connectivity index (χ0) is 11.1. The fourth-order valence-corrected chi connectivity index (χ4v) is 1.61. The highest BCUT2D eigenvalue weighted by atomic mass is 14.9. The third-order valence-corrected chi connectivity index (χ3v) is 2.80. The van der Waals surface area contributed by atoms with Crippen molar-refractivity contribution in [2.24, 2.45) is 0 Å². The van der Waals surface area contributed by atoms with Crippen molar-refractivity contribution in [3.05, 3.63) is 42.0 Å². The molecule has 0 bridgehead atoms. The van der Waals surface area contributed by atoms with E-state index in [0.29, 0.717) is 6.04 Å². The van der Waals surface area contributed by atoms with Crippen LogP contribution >= 0.6 is 0 Å². The number of rotatable bonds is 6. The lowest BCUT2D eigenvalue weighted by atomic mass is 10.1. The Morgan fingerprint density at radius 1 is 1.20 bits per heavy atom. The highest BCUT2D eigenvalue weighted by molar-refractivity contribution is 5.47. The Bertz CT molecular complexity index is 283. The van der Waals surface area contributed by atoms with Crippen molar-refractivity contribution in [1.82, 2.24) is 5.32 Å². The molecule has 0 fully saturated rings. The van der Waals surface area contributed by atoms with E-state index < -0.39 is 0 Å². The molecule has 0 aliphatic rings. The minimum atomic E-state index is 0.643. The lowest BCUT2D eigenvalue weighted by Gasteiger charge is -2.14. The molecule has 0 aromatic heterocycles. The summed E-state index contributed by atoms with van der Waals surface area (Å²) >= 11 is 0. The Kier molecular flexibility index (Phi) is 5.13. The van der Waals surface area contributed by atoms with Crippen LogP contribution in [0.4, 0.5) is 0 Å². The van der Waals surface area contributed by atoms with Gasteiger partial charge >= 0.3 is 0 Å². The van der Waals surface area contributed by atoms with Crippen molar-refractivity contribution in [2.75, 3.05) is 0 Å². The summed E-state index contributed by atoms with van der Waals surface area (Å²) in [6, 6.07) is 9.18. The molecule has 1 heteroatoms. The molecule has 0 spiro atoms. The van der Waals surface area contributed by atoms with Crippen LogP contribution in [0.1, 0.15) is 37.8 Å². The first-order chi connectivity index (χ1) is 7.30. The van der Waals surface area contributed by atoms with E-state index >= 15 is 0 Å². The van der Waals surface area contributed by atoms with Gasteiger partial charge in [0, 0.05) is 12.6 Å². The van der Waals surface area contributed by atoms with Gasteiger partial charge in [-0.15, -0.1) is 0 Å². The Balaban J connectivity index is 2.46. The number of benzene rings is 1. The lowest BCUT2D eigenvalue weighted by Crippen LogP contribution is -2.26. The Morgan fingerprint density at radius 2 is 1.80 bits per heavy atom. The molecule has 0 unspecified atom stereocenters. The maximum atomic E-state index is 3.75. The molecule has 82 valence electrons. The molecule has 1 nitrogen and oxygen atoms in total. The smallest absolute Gasteiger partial charge is 0.0208 e. The summed E-state index contributed by atoms with van der Waals surface area (Å²) in [6.07, 6.45) is 4.26. The monoisotopic (exact) mass is 203 g/mol. The zero-order valence-electron chi connectivity index (χ0n) is 9.79. The number of nitrogens with one attached hydrogen (secondary N) is 1. The van der Waals surface area contributed by atoms with Gasteiger partial charge in [-0.2, -0.15) is 0 Å². The first kappa shape index (κ1) is 12.0. The van der Waals surface area contributed by atoms with Crippen LogP contribution in [0.25, 0.3) is 6.08 Å². The van der Waals surface area contributed by atoms with E-state index in [1.165, 1.54) is 24.0 Å². The SMILES string of the molecule is C=Cc1ccc(CNC(CC)CC)cc1. The standard InChI is InChI=1S/C14H21N/c1-4-12-7-9-13(10-8-12)11-15-14(5-2)6-3/h4,7-10,14-15H,1,5-6,11H2,2-3H3. The molecule has 0 aliphatic heterocycles. The molecule has 1 N–H and O–H groups in total. The Morgan fingerprint density at radius 3 is 2.27 bits per heavy atom. The van der Waals surface area contributed by atoms with Crippen molar-refractivity contribution in [3.8, 4) is 0 Å². The second-order valence-corrected chi connectivity index (χ2v) is 3.84. The van der Waals surface area contributed by atoms with Crippen LogP contribution < -0.4 is 5.32 Å². The molecule has 1 rings (SSSR count). The van der Waals surface area contributed by atoms with Gasteiger partial charge in [-0.1, -0.05) is 50.8 Å². The topological polar surface area (TPSA) is 12.0 Å². The van der Waals surface area contributed by atoms with Crippen LogP contribution in [0, 0.1) is 0 Å². The normalized spacial score (nSPS) is 10.6. The quantitative estimate of drug-likeness (QED) is 0.744. The van der Waals surface area contributed by atoms with Crippen LogP contribution in [0.15, 0.2) is 30.8 Å². The van der Waals surface area contributed by atoms with Crippen LogP contribution in [-0.4, -0.2) is 6.04 Å². The van der Waals surface area contributed by atoms with Gasteiger partial charge in [-0.05, 0) is 24.0 Å². The van der Waals surface area contributed by atoms with Gasteiger partial charge in [0.15, 0.2) is 0 Å². The predicted molar refractivity (Wildman–Crippen MR) is 67.7 cm³/mol. The molecule has 1 aromatic rings. The van der Waals surface area contributed by atoms with Gasteiger partial charge in [-0.3, -0.25) is 0 Å². The van der Waals surface area contributed by atoms with E-state index in [1.54, 1.807) is 0 Å². The van der Waals surface area contributed by atoms with Crippen molar-refractivity contribution >= 4 is 6.08 Å². The van der Waals surface area contributed by atoms with Crippen LogP contribution in [-0.2, 0) is 6.54 Å². The molecule has 0 saturated heterocycles. The largest absolute Gasteiger partial charge is 0.310 e. The maximum absolute atomic E-state index is 3.75. The van der Waals surface area contributed by atoms with Crippen molar-refractivity contribution < 1.29 is 0 Å². The molecular weight excluding hydrogens is 182 g/mol. The molecular formula is C14H21N. The summed E-state index contributed by atoms with van der Waals surface area (Å²) in [5.74, 6) is 0. The van der Waals surface area contributed by atoms with Crippen LogP contribution in [0.2, 0.25) is 0 Å². The van der Waals surface area contributed by atoms with E-state index in [0.717, 1.165) is 6.54 Å². The zero-order valence-corrected chi connectivity index (χ0v) is 9.79. The van der Waals surface area contributed by atoms with Gasteiger partial charge in [0.25, 0.3) is 0 Å².